The molecule has 292 valence electrons. The number of rotatable bonds is 36. The summed E-state index contributed by atoms with van der Waals surface area (Å²) in [6.07, 6.45) is -0.390. The van der Waals surface area contributed by atoms with Gasteiger partial charge in [0.05, 0.1) is 139 Å². The smallest absolute Gasteiger partial charge is 0.313 e. The van der Waals surface area contributed by atoms with Gasteiger partial charge in [0, 0.05) is 12.6 Å². The molecule has 0 fully saturated rings. The van der Waals surface area contributed by atoms with E-state index in [0.717, 1.165) is 26.2 Å². The molecule has 0 heterocycles. The first-order chi connectivity index (χ1) is 24.4. The van der Waals surface area contributed by atoms with E-state index in [2.05, 4.69) is 23.5 Å². The van der Waals surface area contributed by atoms with Crippen molar-refractivity contribution in [3.8, 4) is 5.75 Å². The Hall–Kier alpha value is -2.03. The fraction of sp³-hybridized carbons (Fsp3) is 0.788. The lowest BCUT2D eigenvalue weighted by Crippen LogP contribution is -2.27. The molecule has 0 amide bonds. The molecule has 13 nitrogen and oxygen atoms in total. The normalized spacial score (nSPS) is 11.6. The summed E-state index contributed by atoms with van der Waals surface area (Å²) in [5.74, 6) is -9.47. The largest absolute Gasteiger partial charge is 0.420 e. The lowest BCUT2D eigenvalue weighted by molar-refractivity contribution is -0.136. The van der Waals surface area contributed by atoms with Crippen LogP contribution in [0, 0.1) is 23.3 Å². The molecule has 17 heteroatoms. The standard InChI is InChI=1S/C33H55F4NO12/c1-3-38(4-2)6-8-41-10-12-43-14-16-45-18-20-47-22-24-49-26-25-48-23-21-46-19-17-44-15-13-42-11-9-40-7-5-30(39)50-33-31(36)28(34)27-29(35)32(33)37/h27H,3-26H2,1-2H3. The van der Waals surface area contributed by atoms with Gasteiger partial charge in [0.1, 0.15) is 0 Å². The van der Waals surface area contributed by atoms with Crippen molar-refractivity contribution in [2.24, 2.45) is 0 Å². The van der Waals surface area contributed by atoms with E-state index >= 15 is 0 Å². The molecule has 0 saturated heterocycles. The van der Waals surface area contributed by atoms with Crippen molar-refractivity contribution in [3.05, 3.63) is 29.3 Å². The summed E-state index contributed by atoms with van der Waals surface area (Å²) in [5.41, 5.74) is 0. The molecular weight excluding hydrogens is 678 g/mol. The van der Waals surface area contributed by atoms with Crippen molar-refractivity contribution in [3.63, 3.8) is 0 Å². The third-order valence-corrected chi connectivity index (χ3v) is 6.53. The maximum Gasteiger partial charge on any atom is 0.313 e. The van der Waals surface area contributed by atoms with E-state index in [-0.39, 0.29) is 25.9 Å². The molecule has 0 saturated carbocycles. The van der Waals surface area contributed by atoms with Crippen LogP contribution >= 0.6 is 0 Å². The Kier molecular flexibility index (Phi) is 30.2. The molecule has 0 aliphatic heterocycles. The molecule has 0 spiro atoms. The Morgan fingerprint density at radius 2 is 0.760 bits per heavy atom. The summed E-state index contributed by atoms with van der Waals surface area (Å²) < 4.78 is 112. The van der Waals surface area contributed by atoms with Crippen LogP contribution in [0.15, 0.2) is 6.07 Å². The zero-order valence-corrected chi connectivity index (χ0v) is 29.4. The van der Waals surface area contributed by atoms with E-state index < -0.39 is 41.4 Å². The van der Waals surface area contributed by atoms with Crippen LogP contribution in [0.2, 0.25) is 0 Å². The molecule has 0 aliphatic carbocycles. The maximum atomic E-state index is 13.5. The number of hydrogen-bond acceptors (Lipinski definition) is 13. The van der Waals surface area contributed by atoms with Gasteiger partial charge in [-0.1, -0.05) is 13.8 Å². The number of ether oxygens (including phenoxy) is 11. The summed E-state index contributed by atoms with van der Waals surface area (Å²) in [5, 5.41) is 0. The second-order valence-corrected chi connectivity index (χ2v) is 10.2. The first-order valence-corrected chi connectivity index (χ1v) is 16.9. The van der Waals surface area contributed by atoms with Crippen molar-refractivity contribution in [2.45, 2.75) is 20.3 Å². The number of hydrogen-bond donors (Lipinski definition) is 0. The number of carbonyl (C=O) groups excluding carboxylic acids is 1. The van der Waals surface area contributed by atoms with Gasteiger partial charge in [-0.05, 0) is 13.1 Å². The topological polar surface area (TPSA) is 122 Å². The van der Waals surface area contributed by atoms with Crippen molar-refractivity contribution >= 4 is 5.97 Å². The Labute approximate surface area is 292 Å². The molecule has 0 aromatic heterocycles. The highest BCUT2D eigenvalue weighted by Gasteiger charge is 2.22. The molecular formula is C33H55F4NO12. The number of likely N-dealkylation sites (N-methyl/N-ethyl adjacent to an activating group) is 1. The van der Waals surface area contributed by atoms with Crippen LogP contribution in [0.5, 0.6) is 5.75 Å². The Morgan fingerprint density at radius 1 is 0.480 bits per heavy atom. The predicted molar refractivity (Wildman–Crippen MR) is 173 cm³/mol. The lowest BCUT2D eigenvalue weighted by Gasteiger charge is -2.17. The fourth-order valence-corrected chi connectivity index (χ4v) is 3.78. The highest BCUT2D eigenvalue weighted by Crippen LogP contribution is 2.26. The van der Waals surface area contributed by atoms with E-state index in [1.165, 1.54) is 0 Å². The molecule has 0 atom stereocenters. The van der Waals surface area contributed by atoms with E-state index in [1.54, 1.807) is 0 Å². The fourth-order valence-electron chi connectivity index (χ4n) is 3.78. The zero-order chi connectivity index (χ0) is 36.5. The minimum atomic E-state index is -1.79. The molecule has 50 heavy (non-hydrogen) atoms. The van der Waals surface area contributed by atoms with E-state index in [0.29, 0.717) is 106 Å². The molecule has 0 unspecified atom stereocenters. The zero-order valence-electron chi connectivity index (χ0n) is 29.4. The molecule has 0 aliphatic rings. The van der Waals surface area contributed by atoms with Crippen LogP contribution in [0.25, 0.3) is 0 Å². The van der Waals surface area contributed by atoms with E-state index in [9.17, 15) is 22.4 Å². The van der Waals surface area contributed by atoms with Crippen LogP contribution in [-0.4, -0.2) is 163 Å². The number of carbonyl (C=O) groups is 1. The van der Waals surface area contributed by atoms with Gasteiger partial charge in [-0.15, -0.1) is 0 Å². The monoisotopic (exact) mass is 733 g/mol. The quantitative estimate of drug-likeness (QED) is 0.0331. The van der Waals surface area contributed by atoms with Gasteiger partial charge in [-0.3, -0.25) is 4.79 Å². The Balaban J connectivity index is 1.72. The third kappa shape index (κ3) is 25.0. The average Bonchev–Trinajstić information content (AvgIpc) is 3.11. The highest BCUT2D eigenvalue weighted by molar-refractivity contribution is 5.72. The first-order valence-electron chi connectivity index (χ1n) is 16.9. The van der Waals surface area contributed by atoms with Crippen LogP contribution < -0.4 is 4.74 Å². The van der Waals surface area contributed by atoms with Gasteiger partial charge in [-0.2, -0.15) is 8.78 Å². The second-order valence-electron chi connectivity index (χ2n) is 10.2. The minimum absolute atomic E-state index is 0.0199. The summed E-state index contributed by atoms with van der Waals surface area (Å²) in [6, 6.07) is 0.0199. The summed E-state index contributed by atoms with van der Waals surface area (Å²) >= 11 is 0. The molecule has 1 aromatic carbocycles. The highest BCUT2D eigenvalue weighted by atomic mass is 19.2. The Morgan fingerprint density at radius 3 is 1.06 bits per heavy atom. The van der Waals surface area contributed by atoms with Gasteiger partial charge in [0.25, 0.3) is 0 Å². The predicted octanol–water partition coefficient (Wildman–Crippen LogP) is 3.05. The molecule has 1 rings (SSSR count). The van der Waals surface area contributed by atoms with Crippen LogP contribution in [0.1, 0.15) is 20.3 Å². The molecule has 1 aromatic rings. The molecule has 0 bridgehead atoms. The van der Waals surface area contributed by atoms with Crippen LogP contribution in [0.4, 0.5) is 17.6 Å². The number of halogens is 4. The summed E-state index contributed by atoms with van der Waals surface area (Å²) in [6.45, 7) is 15.5. The summed E-state index contributed by atoms with van der Waals surface area (Å²) in [4.78, 5) is 14.0. The van der Waals surface area contributed by atoms with Gasteiger partial charge in [0.15, 0.2) is 11.6 Å². The third-order valence-electron chi connectivity index (χ3n) is 6.53. The Bertz CT molecular complexity index is 940. The van der Waals surface area contributed by atoms with Crippen LogP contribution in [-0.2, 0) is 52.2 Å². The van der Waals surface area contributed by atoms with Gasteiger partial charge >= 0.3 is 5.97 Å². The second kappa shape index (κ2) is 32.8. The van der Waals surface area contributed by atoms with E-state index in [1.807, 2.05) is 0 Å². The summed E-state index contributed by atoms with van der Waals surface area (Å²) in [7, 11) is 0. The number of benzene rings is 1. The van der Waals surface area contributed by atoms with Gasteiger partial charge < -0.3 is 57.0 Å². The number of nitrogens with zero attached hydrogens (tertiary/aromatic N) is 1. The average molecular weight is 734 g/mol. The van der Waals surface area contributed by atoms with Crippen molar-refractivity contribution < 1.29 is 74.5 Å². The lowest BCUT2D eigenvalue weighted by atomic mass is 10.3. The maximum absolute atomic E-state index is 13.5. The van der Waals surface area contributed by atoms with Crippen molar-refractivity contribution in [1.82, 2.24) is 4.90 Å². The van der Waals surface area contributed by atoms with Crippen molar-refractivity contribution in [2.75, 3.05) is 152 Å². The van der Waals surface area contributed by atoms with Gasteiger partial charge in [0.2, 0.25) is 17.4 Å². The minimum Gasteiger partial charge on any atom is -0.420 e. The first kappa shape index (κ1) is 46.0. The van der Waals surface area contributed by atoms with E-state index in [4.69, 9.17) is 47.4 Å². The molecule has 0 radical (unpaired) electrons. The number of esters is 1. The molecule has 0 N–H and O–H groups in total. The van der Waals surface area contributed by atoms with Crippen molar-refractivity contribution in [1.29, 1.82) is 0 Å². The van der Waals surface area contributed by atoms with Crippen LogP contribution in [0.3, 0.4) is 0 Å². The SMILES string of the molecule is CCN(CC)CCOCCOCCOCCOCCOCCOCCOCCOCCOCCOCCC(=O)Oc1c(F)c(F)cc(F)c1F. The van der Waals surface area contributed by atoms with Gasteiger partial charge in [-0.25, -0.2) is 8.78 Å².